The van der Waals surface area contributed by atoms with Crippen molar-refractivity contribution in [3.05, 3.63) is 0 Å². The highest BCUT2D eigenvalue weighted by atomic mass is 28.4. The molecule has 10 heavy (non-hydrogen) atoms. The molecule has 0 radical (unpaired) electrons. The zero-order valence-corrected chi connectivity index (χ0v) is 7.35. The van der Waals surface area contributed by atoms with Crippen LogP contribution in [0.3, 0.4) is 0 Å². The quantitative estimate of drug-likeness (QED) is 0.566. The van der Waals surface area contributed by atoms with Gasteiger partial charge in [-0.05, 0) is 6.42 Å². The third-order valence-corrected chi connectivity index (χ3v) is 5.45. The third-order valence-electron chi connectivity index (χ3n) is 1.82. The average molecular weight is 160 g/mol. The van der Waals surface area contributed by atoms with Gasteiger partial charge >= 0.3 is 8.56 Å². The number of hydrogen-bond acceptors (Lipinski definition) is 3. The number of carbonyl (C=O) groups is 1. The first-order valence-corrected chi connectivity index (χ1v) is 5.66. The van der Waals surface area contributed by atoms with Gasteiger partial charge in [0, 0.05) is 26.1 Å². The van der Waals surface area contributed by atoms with Crippen molar-refractivity contribution in [3.8, 4) is 0 Å². The van der Waals surface area contributed by atoms with Crippen LogP contribution in [0.25, 0.3) is 0 Å². The van der Waals surface area contributed by atoms with Crippen molar-refractivity contribution < 1.29 is 13.6 Å². The predicted octanol–water partition coefficient (Wildman–Crippen LogP) is 1.04. The van der Waals surface area contributed by atoms with E-state index >= 15 is 0 Å². The summed E-state index contributed by atoms with van der Waals surface area (Å²) in [6, 6.07) is 1.95. The van der Waals surface area contributed by atoms with Gasteiger partial charge in [0.25, 0.3) is 5.97 Å². The van der Waals surface area contributed by atoms with Gasteiger partial charge in [-0.1, -0.05) is 0 Å². The van der Waals surface area contributed by atoms with E-state index in [0.29, 0.717) is 0 Å². The molecule has 0 atom stereocenters. The first-order valence-electron chi connectivity index (χ1n) is 3.43. The van der Waals surface area contributed by atoms with Gasteiger partial charge in [-0.3, -0.25) is 4.79 Å². The molecule has 0 saturated carbocycles. The van der Waals surface area contributed by atoms with E-state index in [4.69, 9.17) is 8.85 Å². The highest BCUT2D eigenvalue weighted by Crippen LogP contribution is 2.33. The van der Waals surface area contributed by atoms with Crippen LogP contribution in [-0.4, -0.2) is 21.6 Å². The van der Waals surface area contributed by atoms with Crippen LogP contribution in [0.15, 0.2) is 0 Å². The zero-order chi connectivity index (χ0) is 7.61. The van der Waals surface area contributed by atoms with Gasteiger partial charge < -0.3 is 8.85 Å². The van der Waals surface area contributed by atoms with E-state index in [9.17, 15) is 4.79 Å². The number of hydrogen-bond donors (Lipinski definition) is 0. The smallest absolute Gasteiger partial charge is 0.401 e. The monoisotopic (exact) mass is 160 g/mol. The molecule has 0 aliphatic carbocycles. The number of carbonyl (C=O) groups excluding carboxylic acids is 1. The molecule has 1 heterocycles. The Morgan fingerprint density at radius 1 is 1.50 bits per heavy atom. The molecule has 0 N–H and O–H groups in total. The lowest BCUT2D eigenvalue weighted by molar-refractivity contribution is -0.134. The second-order valence-electron chi connectivity index (χ2n) is 2.56. The SMILES string of the molecule is CO[Si]1(OC(C)=O)CCC1. The molecular formula is C6H12O3Si. The fourth-order valence-corrected chi connectivity index (χ4v) is 3.23. The highest BCUT2D eigenvalue weighted by molar-refractivity contribution is 6.71. The van der Waals surface area contributed by atoms with Gasteiger partial charge in [0.15, 0.2) is 0 Å². The van der Waals surface area contributed by atoms with Crippen LogP contribution in [0.2, 0.25) is 12.1 Å². The molecule has 1 rings (SSSR count). The summed E-state index contributed by atoms with van der Waals surface area (Å²) in [6.45, 7) is 1.44. The molecule has 4 heteroatoms. The minimum absolute atomic E-state index is 0.201. The second kappa shape index (κ2) is 2.71. The Morgan fingerprint density at radius 2 is 2.10 bits per heavy atom. The molecule has 1 aliphatic rings. The van der Waals surface area contributed by atoms with E-state index in [2.05, 4.69) is 0 Å². The van der Waals surface area contributed by atoms with Gasteiger partial charge in [-0.15, -0.1) is 0 Å². The van der Waals surface area contributed by atoms with E-state index in [0.717, 1.165) is 18.5 Å². The second-order valence-corrected chi connectivity index (χ2v) is 6.00. The molecule has 3 nitrogen and oxygen atoms in total. The highest BCUT2D eigenvalue weighted by Gasteiger charge is 2.46. The van der Waals surface area contributed by atoms with Crippen molar-refractivity contribution in [2.45, 2.75) is 25.4 Å². The predicted molar refractivity (Wildman–Crippen MR) is 38.8 cm³/mol. The molecule has 1 saturated heterocycles. The molecule has 0 aromatic rings. The lowest BCUT2D eigenvalue weighted by Gasteiger charge is -2.34. The Bertz CT molecular complexity index is 136. The van der Waals surface area contributed by atoms with E-state index in [1.54, 1.807) is 7.11 Å². The van der Waals surface area contributed by atoms with Crippen LogP contribution < -0.4 is 0 Å². The largest absolute Gasteiger partial charge is 0.494 e. The minimum atomic E-state index is -1.93. The molecule has 1 fully saturated rings. The van der Waals surface area contributed by atoms with E-state index < -0.39 is 8.56 Å². The van der Waals surface area contributed by atoms with Crippen molar-refractivity contribution in [1.29, 1.82) is 0 Å². The lowest BCUT2D eigenvalue weighted by Crippen LogP contribution is -2.48. The Hall–Kier alpha value is -0.353. The molecule has 0 unspecified atom stereocenters. The summed E-state index contributed by atoms with van der Waals surface area (Å²) >= 11 is 0. The van der Waals surface area contributed by atoms with Crippen molar-refractivity contribution >= 4 is 14.5 Å². The summed E-state index contributed by atoms with van der Waals surface area (Å²) in [5, 5.41) is 0. The third kappa shape index (κ3) is 1.38. The zero-order valence-electron chi connectivity index (χ0n) is 6.35. The van der Waals surface area contributed by atoms with Crippen molar-refractivity contribution in [1.82, 2.24) is 0 Å². The van der Waals surface area contributed by atoms with Gasteiger partial charge in [-0.25, -0.2) is 0 Å². The average Bonchev–Trinajstić information content (AvgIpc) is 1.78. The Kier molecular flexibility index (Phi) is 2.10. The van der Waals surface area contributed by atoms with E-state index in [1.165, 1.54) is 6.92 Å². The first kappa shape index (κ1) is 7.75. The lowest BCUT2D eigenvalue weighted by atomic mass is 10.5. The van der Waals surface area contributed by atoms with Crippen LogP contribution in [0.5, 0.6) is 0 Å². The van der Waals surface area contributed by atoms with E-state index in [-0.39, 0.29) is 5.97 Å². The van der Waals surface area contributed by atoms with Gasteiger partial charge in [-0.2, -0.15) is 0 Å². The minimum Gasteiger partial charge on any atom is -0.494 e. The van der Waals surface area contributed by atoms with Crippen molar-refractivity contribution in [2.75, 3.05) is 7.11 Å². The summed E-state index contributed by atoms with van der Waals surface area (Å²) in [5.74, 6) is -0.201. The molecule has 1 aliphatic heterocycles. The van der Waals surface area contributed by atoms with Gasteiger partial charge in [0.05, 0.1) is 0 Å². The molecule has 0 aromatic heterocycles. The summed E-state index contributed by atoms with van der Waals surface area (Å²) < 4.78 is 10.3. The van der Waals surface area contributed by atoms with E-state index in [1.807, 2.05) is 0 Å². The van der Waals surface area contributed by atoms with Crippen LogP contribution in [0.4, 0.5) is 0 Å². The summed E-state index contributed by atoms with van der Waals surface area (Å²) in [5.41, 5.74) is 0. The summed E-state index contributed by atoms with van der Waals surface area (Å²) in [7, 11) is -0.296. The molecule has 58 valence electrons. The normalized spacial score (nSPS) is 21.4. The maximum Gasteiger partial charge on any atom is 0.401 e. The standard InChI is InChI=1S/C6H12O3Si/c1-6(7)9-10(8-2)4-3-5-10/h3-5H2,1-2H3. The fourth-order valence-electron chi connectivity index (χ4n) is 1.08. The van der Waals surface area contributed by atoms with Crippen molar-refractivity contribution in [3.63, 3.8) is 0 Å². The summed E-state index contributed by atoms with van der Waals surface area (Å²) in [4.78, 5) is 10.5. The topological polar surface area (TPSA) is 35.5 Å². The van der Waals surface area contributed by atoms with Crippen LogP contribution in [-0.2, 0) is 13.6 Å². The van der Waals surface area contributed by atoms with Crippen LogP contribution >= 0.6 is 0 Å². The molecule has 0 amide bonds. The Morgan fingerprint density at radius 3 is 2.20 bits per heavy atom. The fraction of sp³-hybridized carbons (Fsp3) is 0.833. The Balaban J connectivity index is 2.40. The van der Waals surface area contributed by atoms with Crippen LogP contribution in [0, 0.1) is 0 Å². The van der Waals surface area contributed by atoms with Gasteiger partial charge in [0.1, 0.15) is 0 Å². The molecular weight excluding hydrogens is 148 g/mol. The first-order chi connectivity index (χ1) is 4.68. The van der Waals surface area contributed by atoms with Crippen LogP contribution in [0.1, 0.15) is 13.3 Å². The Labute approximate surface area is 61.6 Å². The maximum atomic E-state index is 10.5. The molecule has 0 spiro atoms. The molecule has 0 bridgehead atoms. The number of rotatable bonds is 2. The maximum absolute atomic E-state index is 10.5. The van der Waals surface area contributed by atoms with Crippen molar-refractivity contribution in [2.24, 2.45) is 0 Å². The van der Waals surface area contributed by atoms with Gasteiger partial charge in [0.2, 0.25) is 0 Å². The molecule has 0 aromatic carbocycles. The summed E-state index contributed by atoms with van der Waals surface area (Å²) in [6.07, 6.45) is 1.15.